The average molecular weight is 251 g/mol. The van der Waals surface area contributed by atoms with E-state index in [1.807, 2.05) is 31.2 Å². The molecule has 2 aromatic rings. The minimum atomic E-state index is -4.39. The van der Waals surface area contributed by atoms with Crippen molar-refractivity contribution in [3.05, 3.63) is 65.0 Å². The second-order valence-electron chi connectivity index (χ2n) is 4.18. The Morgan fingerprint density at radius 3 is 2.44 bits per heavy atom. The summed E-state index contributed by atoms with van der Waals surface area (Å²) in [5.41, 5.74) is 1.63. The predicted molar refractivity (Wildman–Crippen MR) is 63.2 cm³/mol. The fourth-order valence-corrected chi connectivity index (χ4v) is 1.77. The van der Waals surface area contributed by atoms with Crippen LogP contribution in [-0.4, -0.2) is 4.98 Å². The molecule has 1 nitrogen and oxygen atoms in total. The molecule has 0 amide bonds. The molecule has 0 saturated carbocycles. The van der Waals surface area contributed by atoms with E-state index in [1.165, 1.54) is 6.07 Å². The highest BCUT2D eigenvalue weighted by Gasteiger charge is 2.32. The van der Waals surface area contributed by atoms with Gasteiger partial charge in [-0.1, -0.05) is 35.9 Å². The van der Waals surface area contributed by atoms with Crippen molar-refractivity contribution in [3.63, 3.8) is 0 Å². The predicted octanol–water partition coefficient (Wildman–Crippen LogP) is 4.00. The summed E-state index contributed by atoms with van der Waals surface area (Å²) < 4.78 is 37.5. The van der Waals surface area contributed by atoms with Gasteiger partial charge >= 0.3 is 6.18 Å². The van der Waals surface area contributed by atoms with E-state index in [1.54, 1.807) is 6.07 Å². The van der Waals surface area contributed by atoms with E-state index in [-0.39, 0.29) is 0 Å². The Hall–Kier alpha value is -1.84. The third-order valence-electron chi connectivity index (χ3n) is 2.56. The zero-order valence-corrected chi connectivity index (χ0v) is 9.83. The summed E-state index contributed by atoms with van der Waals surface area (Å²) in [6.45, 7) is 1.95. The number of aromatic nitrogens is 1. The molecule has 0 bridgehead atoms. The van der Waals surface area contributed by atoms with Gasteiger partial charge in [-0.25, -0.2) is 4.98 Å². The van der Waals surface area contributed by atoms with Crippen LogP contribution < -0.4 is 0 Å². The summed E-state index contributed by atoms with van der Waals surface area (Å²) in [6, 6.07) is 11.6. The van der Waals surface area contributed by atoms with Crippen LogP contribution in [0.5, 0.6) is 0 Å². The van der Waals surface area contributed by atoms with Crippen molar-refractivity contribution in [2.45, 2.75) is 19.5 Å². The van der Waals surface area contributed by atoms with E-state index >= 15 is 0 Å². The second kappa shape index (κ2) is 4.80. The molecule has 4 heteroatoms. The molecule has 0 unspecified atom stereocenters. The Bertz CT molecular complexity index is 547. The molecule has 18 heavy (non-hydrogen) atoms. The fraction of sp³-hybridized carbons (Fsp3) is 0.214. The number of alkyl halides is 3. The summed E-state index contributed by atoms with van der Waals surface area (Å²) in [6.07, 6.45) is -3.98. The Labute approximate surface area is 103 Å². The van der Waals surface area contributed by atoms with E-state index in [0.29, 0.717) is 12.1 Å². The van der Waals surface area contributed by atoms with Crippen LogP contribution >= 0.6 is 0 Å². The molecule has 94 valence electrons. The largest absolute Gasteiger partial charge is 0.433 e. The zero-order chi connectivity index (χ0) is 13.2. The van der Waals surface area contributed by atoms with Crippen molar-refractivity contribution in [2.24, 2.45) is 0 Å². The number of pyridine rings is 1. The minimum absolute atomic E-state index is 0.408. The third kappa shape index (κ3) is 3.09. The molecule has 0 aliphatic heterocycles. The van der Waals surface area contributed by atoms with Gasteiger partial charge < -0.3 is 0 Å². The van der Waals surface area contributed by atoms with E-state index in [2.05, 4.69) is 4.98 Å². The van der Waals surface area contributed by atoms with Crippen molar-refractivity contribution in [1.29, 1.82) is 0 Å². The first kappa shape index (κ1) is 12.6. The van der Waals surface area contributed by atoms with E-state index in [4.69, 9.17) is 0 Å². The number of aryl methyl sites for hydroxylation is 1. The Morgan fingerprint density at radius 1 is 1.06 bits per heavy atom. The van der Waals surface area contributed by atoms with Crippen LogP contribution in [0.1, 0.15) is 22.5 Å². The highest BCUT2D eigenvalue weighted by molar-refractivity contribution is 5.27. The Morgan fingerprint density at radius 2 is 1.78 bits per heavy atom. The average Bonchev–Trinajstić information content (AvgIpc) is 2.28. The highest BCUT2D eigenvalue weighted by atomic mass is 19.4. The number of benzene rings is 1. The first-order chi connectivity index (χ1) is 8.45. The van der Waals surface area contributed by atoms with Crippen LogP contribution in [0, 0.1) is 6.92 Å². The van der Waals surface area contributed by atoms with Crippen molar-refractivity contribution < 1.29 is 13.2 Å². The van der Waals surface area contributed by atoms with Gasteiger partial charge in [-0.2, -0.15) is 13.2 Å². The molecular weight excluding hydrogens is 239 g/mol. The normalized spacial score (nSPS) is 11.6. The van der Waals surface area contributed by atoms with Gasteiger partial charge in [-0.3, -0.25) is 0 Å². The minimum Gasteiger partial charge on any atom is -0.248 e. The van der Waals surface area contributed by atoms with Gasteiger partial charge in [-0.15, -0.1) is 0 Å². The molecule has 1 heterocycles. The number of rotatable bonds is 2. The molecule has 0 radical (unpaired) electrons. The second-order valence-corrected chi connectivity index (χ2v) is 4.18. The van der Waals surface area contributed by atoms with E-state index in [9.17, 15) is 13.2 Å². The van der Waals surface area contributed by atoms with Gasteiger partial charge in [-0.05, 0) is 24.6 Å². The molecular formula is C14H12F3N. The van der Waals surface area contributed by atoms with Gasteiger partial charge in [0.25, 0.3) is 0 Å². The quantitative estimate of drug-likeness (QED) is 0.786. The van der Waals surface area contributed by atoms with Gasteiger partial charge in [0.15, 0.2) is 0 Å². The summed E-state index contributed by atoms with van der Waals surface area (Å²) in [5.74, 6) is 0. The highest BCUT2D eigenvalue weighted by Crippen LogP contribution is 2.27. The molecule has 0 fully saturated rings. The molecule has 0 aliphatic carbocycles. The topological polar surface area (TPSA) is 12.9 Å². The van der Waals surface area contributed by atoms with Gasteiger partial charge in [0.05, 0.1) is 0 Å². The maximum Gasteiger partial charge on any atom is 0.433 e. The Balaban J connectivity index is 2.25. The van der Waals surface area contributed by atoms with Crippen LogP contribution in [-0.2, 0) is 12.6 Å². The van der Waals surface area contributed by atoms with Crippen LogP contribution in [0.3, 0.4) is 0 Å². The SMILES string of the molecule is Cc1cccc(Cc2cccc(C(F)(F)F)n2)c1. The van der Waals surface area contributed by atoms with Gasteiger partial charge in [0.1, 0.15) is 5.69 Å². The molecule has 0 atom stereocenters. The number of nitrogens with zero attached hydrogens (tertiary/aromatic N) is 1. The maximum atomic E-state index is 12.5. The van der Waals surface area contributed by atoms with Crippen LogP contribution in [0.4, 0.5) is 13.2 Å². The third-order valence-corrected chi connectivity index (χ3v) is 2.56. The number of halogens is 3. The standard InChI is InChI=1S/C14H12F3N/c1-10-4-2-5-11(8-10)9-12-6-3-7-13(18-12)14(15,16)17/h2-8H,9H2,1H3. The molecule has 0 aliphatic rings. The van der Waals surface area contributed by atoms with Crippen LogP contribution in [0.25, 0.3) is 0 Å². The summed E-state index contributed by atoms with van der Waals surface area (Å²) in [7, 11) is 0. The molecule has 0 saturated heterocycles. The smallest absolute Gasteiger partial charge is 0.248 e. The monoisotopic (exact) mass is 251 g/mol. The molecule has 0 N–H and O–H groups in total. The lowest BCUT2D eigenvalue weighted by molar-refractivity contribution is -0.141. The number of hydrogen-bond donors (Lipinski definition) is 0. The number of hydrogen-bond acceptors (Lipinski definition) is 1. The van der Waals surface area contributed by atoms with Crippen LogP contribution in [0.15, 0.2) is 42.5 Å². The summed E-state index contributed by atoms with van der Waals surface area (Å²) >= 11 is 0. The van der Waals surface area contributed by atoms with Crippen molar-refractivity contribution >= 4 is 0 Å². The molecule has 2 rings (SSSR count). The Kier molecular flexibility index (Phi) is 3.36. The fourth-order valence-electron chi connectivity index (χ4n) is 1.77. The first-order valence-corrected chi connectivity index (χ1v) is 5.54. The van der Waals surface area contributed by atoms with Crippen molar-refractivity contribution in [3.8, 4) is 0 Å². The van der Waals surface area contributed by atoms with Crippen molar-refractivity contribution in [2.75, 3.05) is 0 Å². The van der Waals surface area contributed by atoms with Gasteiger partial charge in [0, 0.05) is 12.1 Å². The summed E-state index contributed by atoms with van der Waals surface area (Å²) in [5, 5.41) is 0. The van der Waals surface area contributed by atoms with Crippen molar-refractivity contribution in [1.82, 2.24) is 4.98 Å². The van der Waals surface area contributed by atoms with E-state index < -0.39 is 11.9 Å². The van der Waals surface area contributed by atoms with Crippen LogP contribution in [0.2, 0.25) is 0 Å². The molecule has 1 aromatic heterocycles. The molecule has 1 aromatic carbocycles. The van der Waals surface area contributed by atoms with E-state index in [0.717, 1.165) is 17.2 Å². The first-order valence-electron chi connectivity index (χ1n) is 5.54. The lowest BCUT2D eigenvalue weighted by Gasteiger charge is -2.08. The lowest BCUT2D eigenvalue weighted by atomic mass is 10.1. The maximum absolute atomic E-state index is 12.5. The summed E-state index contributed by atoms with van der Waals surface area (Å²) in [4.78, 5) is 3.64. The zero-order valence-electron chi connectivity index (χ0n) is 9.83. The lowest BCUT2D eigenvalue weighted by Crippen LogP contribution is -2.09. The molecule has 0 spiro atoms. The van der Waals surface area contributed by atoms with Gasteiger partial charge in [0.2, 0.25) is 0 Å².